The van der Waals surface area contributed by atoms with Crippen molar-refractivity contribution < 1.29 is 13.2 Å². The second-order valence-electron chi connectivity index (χ2n) is 6.84. The highest BCUT2D eigenvalue weighted by Gasteiger charge is 2.21. The van der Waals surface area contributed by atoms with Crippen LogP contribution in [0.5, 0.6) is 5.75 Å². The molecule has 0 saturated carbocycles. The largest absolute Gasteiger partial charge is 0.493 e. The number of rotatable bonds is 8. The Kier molecular flexibility index (Phi) is 7.07. The predicted octanol–water partition coefficient (Wildman–Crippen LogP) is 2.37. The van der Waals surface area contributed by atoms with Gasteiger partial charge in [-0.2, -0.15) is 0 Å². The van der Waals surface area contributed by atoms with Gasteiger partial charge in [-0.1, -0.05) is 18.2 Å². The highest BCUT2D eigenvalue weighted by molar-refractivity contribution is 7.89. The second-order valence-corrected chi connectivity index (χ2v) is 9.14. The lowest BCUT2D eigenvalue weighted by molar-refractivity contribution is 0.130. The summed E-state index contributed by atoms with van der Waals surface area (Å²) in [6.45, 7) is 5.69. The Morgan fingerprint density at radius 1 is 1.29 bits per heavy atom. The Bertz CT molecular complexity index is 616. The number of hydrogen-bond acceptors (Lipinski definition) is 4. The van der Waals surface area contributed by atoms with Crippen LogP contribution in [-0.4, -0.2) is 63.7 Å². The van der Waals surface area contributed by atoms with Crippen molar-refractivity contribution in [1.82, 2.24) is 9.21 Å². The molecule has 5 nitrogen and oxygen atoms in total. The molecule has 1 fully saturated rings. The molecule has 0 bridgehead atoms. The number of hydrogen-bond donors (Lipinski definition) is 0. The maximum absolute atomic E-state index is 11.8. The lowest BCUT2D eigenvalue weighted by Crippen LogP contribution is -2.39. The molecule has 1 aliphatic heterocycles. The first-order chi connectivity index (χ1) is 11.4. The van der Waals surface area contributed by atoms with E-state index in [0.29, 0.717) is 12.3 Å². The van der Waals surface area contributed by atoms with Gasteiger partial charge in [0.2, 0.25) is 10.0 Å². The van der Waals surface area contributed by atoms with Crippen molar-refractivity contribution >= 4 is 10.0 Å². The molecular weight excluding hydrogens is 324 g/mol. The Morgan fingerprint density at radius 3 is 2.75 bits per heavy atom. The van der Waals surface area contributed by atoms with E-state index in [1.54, 1.807) is 14.1 Å². The molecule has 1 unspecified atom stereocenters. The lowest BCUT2D eigenvalue weighted by Gasteiger charge is -2.32. The van der Waals surface area contributed by atoms with Crippen LogP contribution >= 0.6 is 0 Å². The molecule has 0 radical (unpaired) electrons. The molecule has 1 saturated heterocycles. The molecule has 6 heteroatoms. The summed E-state index contributed by atoms with van der Waals surface area (Å²) in [6.07, 6.45) is 3.02. The molecule has 0 aliphatic carbocycles. The molecule has 0 N–H and O–H groups in total. The Hall–Kier alpha value is -1.11. The summed E-state index contributed by atoms with van der Waals surface area (Å²) in [4.78, 5) is 2.38. The summed E-state index contributed by atoms with van der Waals surface area (Å²) < 4.78 is 30.9. The van der Waals surface area contributed by atoms with Gasteiger partial charge >= 0.3 is 0 Å². The summed E-state index contributed by atoms with van der Waals surface area (Å²) in [5.41, 5.74) is 1.17. The van der Waals surface area contributed by atoms with Crippen LogP contribution in [0, 0.1) is 12.8 Å². The molecule has 136 valence electrons. The van der Waals surface area contributed by atoms with Crippen LogP contribution in [0.15, 0.2) is 24.3 Å². The zero-order valence-corrected chi connectivity index (χ0v) is 15.9. The third-order valence-corrected chi connectivity index (χ3v) is 6.52. The van der Waals surface area contributed by atoms with E-state index >= 15 is 0 Å². The van der Waals surface area contributed by atoms with Crippen LogP contribution < -0.4 is 4.74 Å². The van der Waals surface area contributed by atoms with Crippen LogP contribution in [0.3, 0.4) is 0 Å². The molecule has 1 aromatic carbocycles. The van der Waals surface area contributed by atoms with E-state index in [1.807, 2.05) is 18.2 Å². The zero-order chi connectivity index (χ0) is 17.6. The molecule has 1 aromatic rings. The van der Waals surface area contributed by atoms with Crippen molar-refractivity contribution in [2.75, 3.05) is 46.1 Å². The first kappa shape index (κ1) is 19.2. The van der Waals surface area contributed by atoms with E-state index in [4.69, 9.17) is 4.74 Å². The summed E-state index contributed by atoms with van der Waals surface area (Å²) in [5.74, 6) is 1.71. The van der Waals surface area contributed by atoms with E-state index < -0.39 is 10.0 Å². The summed E-state index contributed by atoms with van der Waals surface area (Å²) in [5, 5.41) is 0. The number of piperidine rings is 1. The highest BCUT2D eigenvalue weighted by Crippen LogP contribution is 2.21. The van der Waals surface area contributed by atoms with E-state index in [-0.39, 0.29) is 5.75 Å². The third-order valence-electron chi connectivity index (χ3n) is 4.60. The molecule has 1 atom stereocenters. The molecule has 0 spiro atoms. The normalized spacial score (nSPS) is 19.6. The fourth-order valence-electron chi connectivity index (χ4n) is 3.07. The van der Waals surface area contributed by atoms with Crippen LogP contribution in [0.25, 0.3) is 0 Å². The van der Waals surface area contributed by atoms with Gasteiger partial charge < -0.3 is 9.64 Å². The van der Waals surface area contributed by atoms with Gasteiger partial charge in [0.1, 0.15) is 5.75 Å². The lowest BCUT2D eigenvalue weighted by atomic mass is 9.99. The number of benzene rings is 1. The highest BCUT2D eigenvalue weighted by atomic mass is 32.2. The SMILES string of the molecule is Cc1ccccc1OCC1CCCN(CCCS(=O)(=O)N(C)C)C1. The molecule has 0 amide bonds. The minimum atomic E-state index is -3.08. The summed E-state index contributed by atoms with van der Waals surface area (Å²) in [6, 6.07) is 8.10. The second kappa shape index (κ2) is 8.83. The Morgan fingerprint density at radius 2 is 2.04 bits per heavy atom. The number of sulfonamides is 1. The van der Waals surface area contributed by atoms with Gasteiger partial charge in [-0.3, -0.25) is 0 Å². The van der Waals surface area contributed by atoms with Crippen molar-refractivity contribution in [2.45, 2.75) is 26.2 Å². The first-order valence-electron chi connectivity index (χ1n) is 8.69. The van der Waals surface area contributed by atoms with Gasteiger partial charge in [0.25, 0.3) is 0 Å². The molecule has 1 aliphatic rings. The van der Waals surface area contributed by atoms with Crippen molar-refractivity contribution in [3.8, 4) is 5.75 Å². The van der Waals surface area contributed by atoms with Gasteiger partial charge in [0, 0.05) is 26.6 Å². The van der Waals surface area contributed by atoms with E-state index in [9.17, 15) is 8.42 Å². The maximum atomic E-state index is 11.8. The number of aryl methyl sites for hydroxylation is 1. The Labute approximate surface area is 146 Å². The molecule has 0 aromatic heterocycles. The number of ether oxygens (including phenoxy) is 1. The molecule has 2 rings (SSSR count). The number of nitrogens with zero attached hydrogens (tertiary/aromatic N) is 2. The minimum Gasteiger partial charge on any atom is -0.493 e. The average Bonchev–Trinajstić information content (AvgIpc) is 2.54. The third kappa shape index (κ3) is 5.76. The van der Waals surface area contributed by atoms with Crippen molar-refractivity contribution in [2.24, 2.45) is 5.92 Å². The van der Waals surface area contributed by atoms with Gasteiger partial charge in [0.05, 0.1) is 12.4 Å². The maximum Gasteiger partial charge on any atom is 0.213 e. The fourth-order valence-corrected chi connectivity index (χ4v) is 3.93. The van der Waals surface area contributed by atoms with Gasteiger partial charge in [-0.25, -0.2) is 12.7 Å². The van der Waals surface area contributed by atoms with Crippen LogP contribution in [0.1, 0.15) is 24.8 Å². The van der Waals surface area contributed by atoms with Crippen molar-refractivity contribution in [1.29, 1.82) is 0 Å². The van der Waals surface area contributed by atoms with E-state index in [0.717, 1.165) is 38.4 Å². The van der Waals surface area contributed by atoms with E-state index in [1.165, 1.54) is 16.3 Å². The number of likely N-dealkylation sites (tertiary alicyclic amines) is 1. The summed E-state index contributed by atoms with van der Waals surface area (Å²) in [7, 11) is 0.103. The van der Waals surface area contributed by atoms with Gasteiger partial charge in [0.15, 0.2) is 0 Å². The molecular formula is C18H30N2O3S. The molecule has 24 heavy (non-hydrogen) atoms. The first-order valence-corrected chi connectivity index (χ1v) is 10.3. The topological polar surface area (TPSA) is 49.9 Å². The quantitative estimate of drug-likeness (QED) is 0.719. The molecule has 1 heterocycles. The standard InChI is InChI=1S/C18H30N2O3S/c1-16-8-4-5-10-18(16)23-15-17-9-6-11-20(14-17)12-7-13-24(21,22)19(2)3/h4-5,8,10,17H,6-7,9,11-15H2,1-3H3. The van der Waals surface area contributed by atoms with Crippen molar-refractivity contribution in [3.63, 3.8) is 0 Å². The van der Waals surface area contributed by atoms with Crippen LogP contribution in [0.2, 0.25) is 0 Å². The van der Waals surface area contributed by atoms with E-state index in [2.05, 4.69) is 17.9 Å². The monoisotopic (exact) mass is 354 g/mol. The smallest absolute Gasteiger partial charge is 0.213 e. The van der Waals surface area contributed by atoms with Crippen molar-refractivity contribution in [3.05, 3.63) is 29.8 Å². The minimum absolute atomic E-state index is 0.223. The van der Waals surface area contributed by atoms with Gasteiger partial charge in [-0.05, 0) is 50.9 Å². The number of para-hydroxylation sites is 1. The van der Waals surface area contributed by atoms with Crippen LogP contribution in [-0.2, 0) is 10.0 Å². The zero-order valence-electron chi connectivity index (χ0n) is 15.1. The van der Waals surface area contributed by atoms with Gasteiger partial charge in [-0.15, -0.1) is 0 Å². The van der Waals surface area contributed by atoms with Crippen LogP contribution in [0.4, 0.5) is 0 Å². The Balaban J connectivity index is 1.75. The average molecular weight is 355 g/mol. The predicted molar refractivity (Wildman–Crippen MR) is 97.9 cm³/mol. The summed E-state index contributed by atoms with van der Waals surface area (Å²) >= 11 is 0. The fraction of sp³-hybridized carbons (Fsp3) is 0.667.